The summed E-state index contributed by atoms with van der Waals surface area (Å²) < 4.78 is 5.17. The van der Waals surface area contributed by atoms with Crippen molar-refractivity contribution in [1.82, 2.24) is 0 Å². The van der Waals surface area contributed by atoms with Crippen LogP contribution in [-0.4, -0.2) is 5.84 Å². The Morgan fingerprint density at radius 3 is 2.85 bits per heavy atom. The van der Waals surface area contributed by atoms with Crippen LogP contribution in [-0.2, 0) is 0 Å². The Morgan fingerprint density at radius 1 is 1.38 bits per heavy atom. The van der Waals surface area contributed by atoms with Crippen molar-refractivity contribution in [2.24, 2.45) is 5.73 Å². The number of nitrogens with one attached hydrogen (secondary N) is 1. The summed E-state index contributed by atoms with van der Waals surface area (Å²) >= 11 is 5.66. The second kappa shape index (κ2) is 2.78. The van der Waals surface area contributed by atoms with E-state index in [1.165, 1.54) is 0 Å². The molecule has 1 aromatic carbocycles. The molecule has 0 bridgehead atoms. The fraction of sp³-hybridized carbons (Fsp3) is 0. The lowest BCUT2D eigenvalue weighted by Crippen LogP contribution is -2.10. The number of hydrogen-bond acceptors (Lipinski definition) is 2. The maximum Gasteiger partial charge on any atom is 0.194 e. The van der Waals surface area contributed by atoms with E-state index >= 15 is 0 Å². The van der Waals surface area contributed by atoms with Crippen LogP contribution in [0.1, 0.15) is 5.56 Å². The van der Waals surface area contributed by atoms with Gasteiger partial charge in [-0.15, -0.1) is 0 Å². The lowest BCUT2D eigenvalue weighted by atomic mass is 10.1. The number of nitrogens with two attached hydrogens (primary N) is 1. The number of rotatable bonds is 1. The normalized spacial score (nSPS) is 10.5. The molecule has 0 aliphatic rings. The van der Waals surface area contributed by atoms with Gasteiger partial charge in [-0.1, -0.05) is 12.1 Å². The summed E-state index contributed by atoms with van der Waals surface area (Å²) in [6.45, 7) is 0. The first-order valence-electron chi connectivity index (χ1n) is 3.70. The van der Waals surface area contributed by atoms with Crippen LogP contribution in [0.4, 0.5) is 0 Å². The smallest absolute Gasteiger partial charge is 0.194 e. The maximum atomic E-state index is 7.22. The van der Waals surface area contributed by atoms with Gasteiger partial charge in [-0.05, 0) is 17.7 Å². The van der Waals surface area contributed by atoms with E-state index in [0.717, 1.165) is 5.39 Å². The minimum atomic E-state index is 0.0226. The standard InChI is InChI=1S/C9H7ClN2O/c10-8-4-5-1-2-6(9(11)12)3-7(5)13-8/h1-4H,(H3,11,12). The number of halogens is 1. The third-order valence-corrected chi connectivity index (χ3v) is 1.99. The number of benzene rings is 1. The van der Waals surface area contributed by atoms with Gasteiger partial charge >= 0.3 is 0 Å². The van der Waals surface area contributed by atoms with Crippen molar-refractivity contribution in [2.45, 2.75) is 0 Å². The summed E-state index contributed by atoms with van der Waals surface area (Å²) in [7, 11) is 0. The number of amidine groups is 1. The van der Waals surface area contributed by atoms with E-state index in [1.54, 1.807) is 18.2 Å². The van der Waals surface area contributed by atoms with Crippen LogP contribution < -0.4 is 5.73 Å². The minimum Gasteiger partial charge on any atom is -0.445 e. The van der Waals surface area contributed by atoms with Crippen molar-refractivity contribution in [3.05, 3.63) is 35.0 Å². The van der Waals surface area contributed by atoms with Gasteiger partial charge < -0.3 is 10.2 Å². The molecule has 0 unspecified atom stereocenters. The molecular weight excluding hydrogens is 188 g/mol. The van der Waals surface area contributed by atoms with Gasteiger partial charge in [-0.2, -0.15) is 0 Å². The largest absolute Gasteiger partial charge is 0.445 e. The molecule has 66 valence electrons. The Hall–Kier alpha value is -1.48. The van der Waals surface area contributed by atoms with E-state index in [0.29, 0.717) is 16.4 Å². The molecule has 1 aromatic heterocycles. The molecular formula is C9H7ClN2O. The van der Waals surface area contributed by atoms with Crippen LogP contribution in [0.3, 0.4) is 0 Å². The first-order chi connectivity index (χ1) is 6.16. The lowest BCUT2D eigenvalue weighted by molar-refractivity contribution is 0.618. The van der Waals surface area contributed by atoms with Gasteiger partial charge in [-0.3, -0.25) is 5.41 Å². The van der Waals surface area contributed by atoms with Gasteiger partial charge in [0.1, 0.15) is 11.4 Å². The monoisotopic (exact) mass is 194 g/mol. The summed E-state index contributed by atoms with van der Waals surface area (Å²) in [6, 6.07) is 7.00. The second-order valence-corrected chi connectivity index (χ2v) is 3.09. The van der Waals surface area contributed by atoms with Crippen LogP contribution in [0.15, 0.2) is 28.7 Å². The zero-order valence-electron chi connectivity index (χ0n) is 6.67. The maximum absolute atomic E-state index is 7.22. The molecule has 13 heavy (non-hydrogen) atoms. The van der Waals surface area contributed by atoms with Gasteiger partial charge in [0.05, 0.1) is 0 Å². The zero-order valence-corrected chi connectivity index (χ0v) is 7.43. The minimum absolute atomic E-state index is 0.0226. The highest BCUT2D eigenvalue weighted by atomic mass is 35.5. The summed E-state index contributed by atoms with van der Waals surface area (Å²) in [5.74, 6) is 0.0226. The Bertz CT molecular complexity index is 475. The average molecular weight is 195 g/mol. The van der Waals surface area contributed by atoms with Crippen molar-refractivity contribution < 1.29 is 4.42 Å². The summed E-state index contributed by atoms with van der Waals surface area (Å²) in [6.07, 6.45) is 0. The van der Waals surface area contributed by atoms with E-state index in [4.69, 9.17) is 27.2 Å². The molecule has 2 aromatic rings. The third kappa shape index (κ3) is 1.38. The second-order valence-electron chi connectivity index (χ2n) is 2.72. The van der Waals surface area contributed by atoms with E-state index in [2.05, 4.69) is 0 Å². The molecule has 0 saturated heterocycles. The molecule has 0 aliphatic carbocycles. The lowest BCUT2D eigenvalue weighted by Gasteiger charge is -1.95. The van der Waals surface area contributed by atoms with Crippen molar-refractivity contribution in [3.63, 3.8) is 0 Å². The van der Waals surface area contributed by atoms with E-state index in [-0.39, 0.29) is 5.84 Å². The fourth-order valence-electron chi connectivity index (χ4n) is 1.17. The summed E-state index contributed by atoms with van der Waals surface area (Å²) in [5, 5.41) is 8.48. The Balaban J connectivity index is 2.67. The fourth-order valence-corrected chi connectivity index (χ4v) is 1.37. The molecule has 0 radical (unpaired) electrons. The van der Waals surface area contributed by atoms with Crippen LogP contribution >= 0.6 is 11.6 Å². The number of hydrogen-bond donors (Lipinski definition) is 2. The molecule has 0 aliphatic heterocycles. The van der Waals surface area contributed by atoms with Crippen LogP contribution in [0.5, 0.6) is 0 Å². The highest BCUT2D eigenvalue weighted by Crippen LogP contribution is 2.23. The molecule has 3 N–H and O–H groups in total. The van der Waals surface area contributed by atoms with E-state index in [9.17, 15) is 0 Å². The molecule has 0 saturated carbocycles. The van der Waals surface area contributed by atoms with Gasteiger partial charge in [0, 0.05) is 17.0 Å². The van der Waals surface area contributed by atoms with Crippen LogP contribution in [0, 0.1) is 5.41 Å². The quantitative estimate of drug-likeness (QED) is 0.541. The van der Waals surface area contributed by atoms with Crippen LogP contribution in [0.25, 0.3) is 11.0 Å². The van der Waals surface area contributed by atoms with E-state index in [1.807, 2.05) is 6.07 Å². The van der Waals surface area contributed by atoms with Crippen molar-refractivity contribution in [2.75, 3.05) is 0 Å². The van der Waals surface area contributed by atoms with Crippen molar-refractivity contribution in [1.29, 1.82) is 5.41 Å². The van der Waals surface area contributed by atoms with Gasteiger partial charge in [0.2, 0.25) is 0 Å². The Kier molecular flexibility index (Phi) is 1.74. The molecule has 0 amide bonds. The molecule has 2 rings (SSSR count). The first-order valence-corrected chi connectivity index (χ1v) is 4.08. The average Bonchev–Trinajstić information content (AvgIpc) is 2.42. The molecule has 0 spiro atoms. The van der Waals surface area contributed by atoms with Crippen molar-refractivity contribution >= 4 is 28.4 Å². The third-order valence-electron chi connectivity index (χ3n) is 1.80. The first kappa shape index (κ1) is 8.13. The van der Waals surface area contributed by atoms with Crippen LogP contribution in [0.2, 0.25) is 5.22 Å². The highest BCUT2D eigenvalue weighted by Gasteiger charge is 2.03. The topological polar surface area (TPSA) is 63.0 Å². The molecule has 1 heterocycles. The summed E-state index contributed by atoms with van der Waals surface area (Å²) in [4.78, 5) is 0. The predicted molar refractivity (Wildman–Crippen MR) is 52.2 cm³/mol. The van der Waals surface area contributed by atoms with E-state index < -0.39 is 0 Å². The molecule has 4 heteroatoms. The summed E-state index contributed by atoms with van der Waals surface area (Å²) in [5.41, 5.74) is 6.61. The predicted octanol–water partition coefficient (Wildman–Crippen LogP) is 2.37. The number of fused-ring (bicyclic) bond motifs is 1. The Morgan fingerprint density at radius 2 is 2.15 bits per heavy atom. The zero-order chi connectivity index (χ0) is 9.42. The number of furan rings is 1. The molecule has 0 atom stereocenters. The SMILES string of the molecule is N=C(N)c1ccc2cc(Cl)oc2c1. The molecule has 3 nitrogen and oxygen atoms in total. The Labute approximate surface area is 79.6 Å². The van der Waals surface area contributed by atoms with Crippen molar-refractivity contribution in [3.8, 4) is 0 Å². The van der Waals surface area contributed by atoms with Gasteiger partial charge in [0.15, 0.2) is 5.22 Å². The highest BCUT2D eigenvalue weighted by molar-refractivity contribution is 6.29. The number of nitrogen functional groups attached to an aromatic ring is 1. The van der Waals surface area contributed by atoms with Gasteiger partial charge in [-0.25, -0.2) is 0 Å². The molecule has 0 fully saturated rings. The van der Waals surface area contributed by atoms with Gasteiger partial charge in [0.25, 0.3) is 0 Å².